The van der Waals surface area contributed by atoms with E-state index in [1.807, 2.05) is 0 Å². The Morgan fingerprint density at radius 3 is 2.73 bits per heavy atom. The molecule has 0 unspecified atom stereocenters. The smallest absolute Gasteiger partial charge is 0.410 e. The molecule has 0 N–H and O–H groups in total. The number of carbonyl (C=O) groups is 2. The maximum absolute atomic E-state index is 14.3. The van der Waals surface area contributed by atoms with E-state index in [9.17, 15) is 14.0 Å². The summed E-state index contributed by atoms with van der Waals surface area (Å²) in [6, 6.07) is -0.409. The lowest BCUT2D eigenvalue weighted by molar-refractivity contribution is 0.000875. The van der Waals surface area contributed by atoms with Crippen LogP contribution in [0.15, 0.2) is 0 Å². The first-order chi connectivity index (χ1) is 12.1. The minimum Gasteiger partial charge on any atom is -0.490 e. The van der Waals surface area contributed by atoms with Crippen LogP contribution in [0.3, 0.4) is 0 Å². The SMILES string of the molecule is Cc1c(Cl)nc(F)c2c1OC[C@H]1CN(C(=O)OC(C)(C)C)CCN1C2=O. The number of rotatable bonds is 0. The average molecular weight is 386 g/mol. The monoisotopic (exact) mass is 385 g/mol. The second-order valence-corrected chi connectivity index (χ2v) is 7.77. The fraction of sp³-hybridized carbons (Fsp3) is 0.588. The molecule has 3 rings (SSSR count). The number of fused-ring (bicyclic) bond motifs is 2. The third-order valence-corrected chi connectivity index (χ3v) is 4.68. The van der Waals surface area contributed by atoms with E-state index in [0.717, 1.165) is 0 Å². The van der Waals surface area contributed by atoms with Crippen LogP contribution in [0.5, 0.6) is 5.75 Å². The van der Waals surface area contributed by atoms with E-state index in [0.29, 0.717) is 12.1 Å². The van der Waals surface area contributed by atoms with Gasteiger partial charge in [0, 0.05) is 25.2 Å². The fourth-order valence-electron chi connectivity index (χ4n) is 3.05. The molecule has 142 valence electrons. The lowest BCUT2D eigenvalue weighted by Gasteiger charge is -2.40. The third-order valence-electron chi connectivity index (χ3n) is 4.31. The first-order valence-electron chi connectivity index (χ1n) is 8.36. The molecular formula is C17H21ClFN3O4. The highest BCUT2D eigenvalue weighted by Crippen LogP contribution is 2.34. The highest BCUT2D eigenvalue weighted by molar-refractivity contribution is 6.30. The van der Waals surface area contributed by atoms with Crippen LogP contribution in [0.25, 0.3) is 0 Å². The molecule has 0 radical (unpaired) electrons. The maximum atomic E-state index is 14.3. The van der Waals surface area contributed by atoms with E-state index in [1.54, 1.807) is 27.7 Å². The van der Waals surface area contributed by atoms with Gasteiger partial charge in [-0.15, -0.1) is 0 Å². The first kappa shape index (κ1) is 18.7. The maximum Gasteiger partial charge on any atom is 0.410 e. The molecule has 2 aliphatic rings. The standard InChI is InChI=1S/C17H21ClFN3O4/c1-9-12-11(14(19)20-13(9)18)15(23)22-6-5-21(7-10(22)8-25-12)16(24)26-17(2,3)4/h10H,5-8H2,1-4H3/t10-/m1/s1. The normalized spacial score (nSPS) is 20.1. The molecule has 2 amide bonds. The Hall–Kier alpha value is -2.09. The molecule has 0 aromatic carbocycles. The number of carbonyl (C=O) groups excluding carboxylic acids is 2. The van der Waals surface area contributed by atoms with Gasteiger partial charge in [-0.1, -0.05) is 11.6 Å². The fourth-order valence-corrected chi connectivity index (χ4v) is 3.21. The van der Waals surface area contributed by atoms with Crippen molar-refractivity contribution in [3.8, 4) is 5.75 Å². The Labute approximate surface area is 156 Å². The van der Waals surface area contributed by atoms with Gasteiger partial charge in [0.05, 0.1) is 6.04 Å². The molecule has 7 nitrogen and oxygen atoms in total. The highest BCUT2D eigenvalue weighted by Gasteiger charge is 2.40. The van der Waals surface area contributed by atoms with Crippen molar-refractivity contribution in [3.05, 3.63) is 22.2 Å². The van der Waals surface area contributed by atoms with Crippen molar-refractivity contribution in [3.63, 3.8) is 0 Å². The van der Waals surface area contributed by atoms with Crippen LogP contribution in [-0.4, -0.2) is 64.7 Å². The molecule has 1 saturated heterocycles. The van der Waals surface area contributed by atoms with Gasteiger partial charge < -0.3 is 19.3 Å². The first-order valence-corrected chi connectivity index (χ1v) is 8.73. The van der Waals surface area contributed by atoms with E-state index in [-0.39, 0.29) is 36.2 Å². The van der Waals surface area contributed by atoms with Crippen molar-refractivity contribution in [1.29, 1.82) is 0 Å². The van der Waals surface area contributed by atoms with Crippen LogP contribution in [0.4, 0.5) is 9.18 Å². The Bertz CT molecular complexity index is 765. The van der Waals surface area contributed by atoms with Crippen LogP contribution < -0.4 is 4.74 Å². The largest absolute Gasteiger partial charge is 0.490 e. The Morgan fingerprint density at radius 2 is 2.08 bits per heavy atom. The molecule has 9 heteroatoms. The summed E-state index contributed by atoms with van der Waals surface area (Å²) in [7, 11) is 0. The second-order valence-electron chi connectivity index (χ2n) is 7.41. The van der Waals surface area contributed by atoms with Crippen molar-refractivity contribution in [2.75, 3.05) is 26.2 Å². The zero-order valence-corrected chi connectivity index (χ0v) is 15.9. The van der Waals surface area contributed by atoms with Crippen LogP contribution in [0.1, 0.15) is 36.7 Å². The highest BCUT2D eigenvalue weighted by atomic mass is 35.5. The van der Waals surface area contributed by atoms with E-state index in [2.05, 4.69) is 4.98 Å². The zero-order valence-electron chi connectivity index (χ0n) is 15.1. The van der Waals surface area contributed by atoms with Crippen molar-refractivity contribution in [1.82, 2.24) is 14.8 Å². The number of halogens is 2. The molecular weight excluding hydrogens is 365 g/mol. The molecule has 26 heavy (non-hydrogen) atoms. The van der Waals surface area contributed by atoms with E-state index < -0.39 is 29.6 Å². The van der Waals surface area contributed by atoms with Gasteiger partial charge in [0.15, 0.2) is 0 Å². The summed E-state index contributed by atoms with van der Waals surface area (Å²) in [5.74, 6) is -1.34. The molecule has 1 aromatic rings. The topological polar surface area (TPSA) is 72.0 Å². The van der Waals surface area contributed by atoms with Gasteiger partial charge in [0.25, 0.3) is 5.91 Å². The molecule has 1 fully saturated rings. The van der Waals surface area contributed by atoms with Crippen LogP contribution >= 0.6 is 11.6 Å². The number of pyridine rings is 1. The molecule has 3 heterocycles. The van der Waals surface area contributed by atoms with E-state index >= 15 is 0 Å². The predicted molar refractivity (Wildman–Crippen MR) is 92.1 cm³/mol. The average Bonchev–Trinajstić information content (AvgIpc) is 2.68. The van der Waals surface area contributed by atoms with Crippen molar-refractivity contribution in [2.45, 2.75) is 39.3 Å². The zero-order chi connectivity index (χ0) is 19.2. The van der Waals surface area contributed by atoms with E-state index in [1.165, 1.54) is 9.80 Å². The summed E-state index contributed by atoms with van der Waals surface area (Å²) in [6.45, 7) is 7.92. The van der Waals surface area contributed by atoms with Crippen LogP contribution in [0.2, 0.25) is 5.15 Å². The molecule has 2 aliphatic heterocycles. The van der Waals surface area contributed by atoms with Crippen molar-refractivity contribution < 1.29 is 23.5 Å². The summed E-state index contributed by atoms with van der Waals surface area (Å²) < 4.78 is 25.4. The third kappa shape index (κ3) is 3.42. The summed E-state index contributed by atoms with van der Waals surface area (Å²) in [4.78, 5) is 31.8. The number of hydrogen-bond donors (Lipinski definition) is 0. The summed E-state index contributed by atoms with van der Waals surface area (Å²) in [5.41, 5.74) is -0.400. The van der Waals surface area contributed by atoms with Gasteiger partial charge in [-0.2, -0.15) is 4.39 Å². The minimum atomic E-state index is -0.948. The van der Waals surface area contributed by atoms with Gasteiger partial charge in [0.1, 0.15) is 28.7 Å². The summed E-state index contributed by atoms with van der Waals surface area (Å²) in [6.07, 6.45) is -0.446. The van der Waals surface area contributed by atoms with Gasteiger partial charge in [-0.05, 0) is 27.7 Å². The summed E-state index contributed by atoms with van der Waals surface area (Å²) >= 11 is 5.91. The van der Waals surface area contributed by atoms with E-state index in [4.69, 9.17) is 21.1 Å². The number of aromatic nitrogens is 1. The molecule has 1 aromatic heterocycles. The number of amides is 2. The lowest BCUT2D eigenvalue weighted by Crippen LogP contribution is -2.58. The van der Waals surface area contributed by atoms with Crippen molar-refractivity contribution >= 4 is 23.6 Å². The lowest BCUT2D eigenvalue weighted by atomic mass is 10.1. The Kier molecular flexibility index (Phi) is 4.72. The Morgan fingerprint density at radius 1 is 1.38 bits per heavy atom. The quantitative estimate of drug-likeness (QED) is 0.642. The molecule has 0 aliphatic carbocycles. The van der Waals surface area contributed by atoms with Gasteiger partial charge in [-0.3, -0.25) is 4.79 Å². The number of ether oxygens (including phenoxy) is 2. The predicted octanol–water partition coefficient (Wildman–Crippen LogP) is 2.64. The van der Waals surface area contributed by atoms with Gasteiger partial charge in [-0.25, -0.2) is 9.78 Å². The molecule has 0 spiro atoms. The molecule has 0 saturated carbocycles. The van der Waals surface area contributed by atoms with Gasteiger partial charge >= 0.3 is 6.09 Å². The molecule has 0 bridgehead atoms. The van der Waals surface area contributed by atoms with Crippen LogP contribution in [0, 0.1) is 12.9 Å². The Balaban J connectivity index is 1.84. The number of piperazine rings is 1. The van der Waals surface area contributed by atoms with Crippen LogP contribution in [-0.2, 0) is 4.74 Å². The second kappa shape index (κ2) is 6.57. The summed E-state index contributed by atoms with van der Waals surface area (Å²) in [5, 5.41) is -0.0377. The number of nitrogens with zero attached hydrogens (tertiary/aromatic N) is 3. The molecule has 1 atom stereocenters. The number of hydrogen-bond acceptors (Lipinski definition) is 5. The van der Waals surface area contributed by atoms with Gasteiger partial charge in [0.2, 0.25) is 5.95 Å². The van der Waals surface area contributed by atoms with Crippen molar-refractivity contribution in [2.24, 2.45) is 0 Å². The minimum absolute atomic E-state index is 0.0377.